The molecule has 2 aliphatic rings. The van der Waals surface area contributed by atoms with E-state index in [4.69, 9.17) is 71.6 Å². The second kappa shape index (κ2) is 39.3. The van der Waals surface area contributed by atoms with Gasteiger partial charge in [-0.15, -0.1) is 0 Å². The molecule has 0 amide bonds. The predicted molar refractivity (Wildman–Crippen MR) is 305 cm³/mol. The van der Waals surface area contributed by atoms with Crippen LogP contribution < -0.4 is 11.5 Å². The van der Waals surface area contributed by atoms with Crippen LogP contribution in [-0.4, -0.2) is 160 Å². The largest absolute Gasteiger partial charge is 0.418 e. The summed E-state index contributed by atoms with van der Waals surface area (Å²) in [7, 11) is -7.64. The van der Waals surface area contributed by atoms with Crippen LogP contribution in [0.15, 0.2) is 0 Å². The first kappa shape index (κ1) is 72.9. The Labute approximate surface area is 451 Å². The number of Topliss-reactive ketones (excluding diaryl/α,β-unsaturated/α-hetero) is 1. The number of carbonyl (C=O) groups excluding carboxylic acids is 1. The number of hydrogen-bond acceptors (Lipinski definition) is 16. The molecule has 0 aliphatic carbocycles. The summed E-state index contributed by atoms with van der Waals surface area (Å²) in [6, 6.07) is 3.99. The van der Waals surface area contributed by atoms with Gasteiger partial charge in [-0.05, 0) is 222 Å². The van der Waals surface area contributed by atoms with E-state index in [1.54, 1.807) is 6.92 Å². The molecule has 0 aromatic rings. The van der Waals surface area contributed by atoms with Crippen molar-refractivity contribution in [3.8, 4) is 0 Å². The van der Waals surface area contributed by atoms with Crippen LogP contribution in [0.2, 0.25) is 63.5 Å². The van der Waals surface area contributed by atoms with Gasteiger partial charge in [0.25, 0.3) is 5.79 Å². The molecule has 0 aromatic heterocycles. The maximum absolute atomic E-state index is 11.2. The molecule has 2 fully saturated rings. The number of hydrogen-bond donors (Lipinski definition) is 3. The lowest BCUT2D eigenvalue weighted by molar-refractivity contribution is -0.506. The number of ether oxygens (including phenoxy) is 6. The maximum Gasteiger partial charge on any atom is 0.343 e. The van der Waals surface area contributed by atoms with E-state index in [0.717, 1.165) is 140 Å². The minimum Gasteiger partial charge on any atom is -0.418 e. The Morgan fingerprint density at radius 1 is 0.589 bits per heavy atom. The lowest BCUT2D eigenvalue weighted by Gasteiger charge is -2.48. The molecule has 73 heavy (non-hydrogen) atoms. The Hall–Kier alpha value is -0.0625. The van der Waals surface area contributed by atoms with Crippen molar-refractivity contribution in [3.05, 3.63) is 0 Å². The van der Waals surface area contributed by atoms with Crippen LogP contribution in [-0.2, 0) is 59.8 Å². The fourth-order valence-corrected chi connectivity index (χ4v) is 22.4. The van der Waals surface area contributed by atoms with Crippen molar-refractivity contribution in [3.63, 3.8) is 0 Å². The SMILES string of the molecule is CC(=O)CCCCCOC1(C2(COCCCCCO)OCCCCCO2)OCCCCCO1.CCO[Si](C)(C)CC(C)(C)O[Si](C)(C)OCC.CCO[Si](C)(CCCN)CC(C)(C)O[Si](C)(CCCN)OCC. The molecule has 438 valence electrons. The van der Waals surface area contributed by atoms with E-state index in [9.17, 15) is 4.79 Å². The summed E-state index contributed by atoms with van der Waals surface area (Å²) in [5, 5.41) is 9.00. The second-order valence-electron chi connectivity index (χ2n) is 22.4. The number of unbranched alkanes of at least 4 members (excludes halogenated alkanes) is 4. The van der Waals surface area contributed by atoms with E-state index in [1.807, 2.05) is 13.8 Å². The lowest BCUT2D eigenvalue weighted by atomic mass is 10.1. The van der Waals surface area contributed by atoms with Gasteiger partial charge in [-0.3, -0.25) is 0 Å². The molecule has 2 heterocycles. The standard InChI is InChI=1S/C25H46O8.C16H40N2O3Si2.C12H30O3Si2/c1-23(27)14-6-2-9-19-31-25(32-20-12-5-13-21-33-25)24(22-28-16-8-3-7-15-26)29-17-10-4-11-18-30-24;1-7-19-22(5,13-9-11-17)15-16(3,4)21-23(6,20-8-2)14-10-12-18;1-9-13-16(5,6)11-12(3,4)15-17(7,8)14-10-2/h26H,2-22H2,1H3;7-15,17-18H2,1-6H3;9-11H2,1-8H3. The number of nitrogens with two attached hydrogens (primary N) is 2. The van der Waals surface area contributed by atoms with Gasteiger partial charge in [0.05, 0.1) is 44.2 Å². The van der Waals surface area contributed by atoms with Crippen LogP contribution in [0.4, 0.5) is 0 Å². The minimum atomic E-state index is -2.20. The molecule has 2 atom stereocenters. The fraction of sp³-hybridized carbons (Fsp3) is 0.981. The van der Waals surface area contributed by atoms with Gasteiger partial charge in [-0.25, -0.2) is 0 Å². The third kappa shape index (κ3) is 33.9. The van der Waals surface area contributed by atoms with Crippen molar-refractivity contribution in [2.45, 2.75) is 245 Å². The first-order valence-corrected chi connectivity index (χ1v) is 39.9. The van der Waals surface area contributed by atoms with Gasteiger partial charge >= 0.3 is 23.1 Å². The van der Waals surface area contributed by atoms with Crippen LogP contribution in [0.3, 0.4) is 0 Å². The number of carbonyl (C=O) groups is 1. The number of ketones is 1. The molecule has 5 N–H and O–H groups in total. The molecule has 0 radical (unpaired) electrons. The van der Waals surface area contributed by atoms with Gasteiger partial charge in [0.1, 0.15) is 12.4 Å². The minimum absolute atomic E-state index is 0.149. The van der Waals surface area contributed by atoms with Gasteiger partial charge < -0.3 is 76.3 Å². The zero-order valence-electron chi connectivity index (χ0n) is 49.7. The number of rotatable bonds is 37. The van der Waals surface area contributed by atoms with Gasteiger partial charge in [-0.1, -0.05) is 6.42 Å². The molecule has 0 saturated carbocycles. The van der Waals surface area contributed by atoms with Crippen LogP contribution in [0.25, 0.3) is 0 Å². The van der Waals surface area contributed by atoms with Gasteiger partial charge in [-0.2, -0.15) is 0 Å². The molecule has 20 heteroatoms. The monoisotopic (exact) mass is 1120 g/mol. The summed E-state index contributed by atoms with van der Waals surface area (Å²) in [6.07, 6.45) is 13.4. The molecule has 0 aromatic carbocycles. The Morgan fingerprint density at radius 3 is 1.62 bits per heavy atom. The molecule has 0 spiro atoms. The van der Waals surface area contributed by atoms with Crippen LogP contribution in [0, 0.1) is 0 Å². The van der Waals surface area contributed by atoms with Crippen LogP contribution in [0.5, 0.6) is 0 Å². The van der Waals surface area contributed by atoms with Crippen molar-refractivity contribution < 1.29 is 64.9 Å². The zero-order valence-corrected chi connectivity index (χ0v) is 53.7. The molecular weight excluding hydrogens is 1000 g/mol. The highest BCUT2D eigenvalue weighted by molar-refractivity contribution is 6.73. The normalized spacial score (nSPS) is 18.6. The van der Waals surface area contributed by atoms with Crippen LogP contribution in [0.1, 0.15) is 159 Å². The number of aliphatic hydroxyl groups excluding tert-OH is 1. The van der Waals surface area contributed by atoms with Crippen molar-refractivity contribution in [1.82, 2.24) is 0 Å². The third-order valence-corrected chi connectivity index (χ3v) is 24.3. The van der Waals surface area contributed by atoms with E-state index in [2.05, 4.69) is 80.8 Å². The highest BCUT2D eigenvalue weighted by atomic mass is 28.4. The molecule has 2 rings (SSSR count). The van der Waals surface area contributed by atoms with Gasteiger partial charge in [0.15, 0.2) is 16.6 Å². The molecule has 2 unspecified atom stereocenters. The van der Waals surface area contributed by atoms with E-state index in [-0.39, 0.29) is 30.2 Å². The topological polar surface area (TPSA) is 200 Å². The van der Waals surface area contributed by atoms with Crippen molar-refractivity contribution in [1.29, 1.82) is 0 Å². The highest BCUT2D eigenvalue weighted by Gasteiger charge is 2.60. The summed E-state index contributed by atoms with van der Waals surface area (Å²) in [6.45, 7) is 39.3. The summed E-state index contributed by atoms with van der Waals surface area (Å²) in [4.78, 5) is 11.2. The quantitative estimate of drug-likeness (QED) is 0.0391. The van der Waals surface area contributed by atoms with Crippen molar-refractivity contribution in [2.75, 3.05) is 92.4 Å². The van der Waals surface area contributed by atoms with Crippen molar-refractivity contribution in [2.24, 2.45) is 11.5 Å². The molecule has 16 nitrogen and oxygen atoms in total. The van der Waals surface area contributed by atoms with E-state index >= 15 is 0 Å². The molecule has 2 saturated heterocycles. The summed E-state index contributed by atoms with van der Waals surface area (Å²) >= 11 is 0. The predicted octanol–water partition coefficient (Wildman–Crippen LogP) is 11.1. The molecular formula is C53H116N2O14Si4. The average molecular weight is 1120 g/mol. The zero-order chi connectivity index (χ0) is 55.4. The molecule has 0 bridgehead atoms. The second-order valence-corrected chi connectivity index (χ2v) is 37.1. The summed E-state index contributed by atoms with van der Waals surface area (Å²) in [5.41, 5.74) is 11.0. The first-order chi connectivity index (χ1) is 34.3. The Morgan fingerprint density at radius 2 is 1.10 bits per heavy atom. The summed E-state index contributed by atoms with van der Waals surface area (Å²) < 4.78 is 74.3. The Balaban J connectivity index is 0.00000113. The number of aliphatic hydroxyl groups is 1. The first-order valence-electron chi connectivity index (χ1n) is 28.6. The highest BCUT2D eigenvalue weighted by Crippen LogP contribution is 2.39. The van der Waals surface area contributed by atoms with E-state index in [0.29, 0.717) is 59.2 Å². The maximum atomic E-state index is 11.2. The molecule has 2 aliphatic heterocycles. The van der Waals surface area contributed by atoms with E-state index < -0.39 is 45.5 Å². The third-order valence-electron chi connectivity index (χ3n) is 12.4. The van der Waals surface area contributed by atoms with Gasteiger partial charge in [0, 0.05) is 46.1 Å². The van der Waals surface area contributed by atoms with Crippen LogP contribution >= 0.6 is 0 Å². The smallest absolute Gasteiger partial charge is 0.343 e. The Kier molecular flexibility index (Phi) is 39.3. The fourth-order valence-electron chi connectivity index (χ4n) is 10.0. The van der Waals surface area contributed by atoms with E-state index in [1.165, 1.54) is 0 Å². The summed E-state index contributed by atoms with van der Waals surface area (Å²) in [5.74, 6) is -2.58. The average Bonchev–Trinajstić information content (AvgIpc) is 3.25. The van der Waals surface area contributed by atoms with Gasteiger partial charge in [0.2, 0.25) is 0 Å². The Bertz CT molecular complexity index is 1310. The lowest BCUT2D eigenvalue weighted by Crippen LogP contribution is -2.66. The van der Waals surface area contributed by atoms with Crippen molar-refractivity contribution >= 4 is 39.5 Å².